The molecule has 4 rings (SSSR count). The van der Waals surface area contributed by atoms with Crippen LogP contribution >= 0.6 is 0 Å². The van der Waals surface area contributed by atoms with E-state index in [1.165, 1.54) is 0 Å². The summed E-state index contributed by atoms with van der Waals surface area (Å²) in [6.45, 7) is 2.15. The Hall–Kier alpha value is -2.67. The minimum Gasteiger partial charge on any atom is -0.347 e. The van der Waals surface area contributed by atoms with Crippen molar-refractivity contribution in [2.75, 3.05) is 26.7 Å². The third-order valence-electron chi connectivity index (χ3n) is 4.49. The number of carbonyl (C=O) groups is 1. The zero-order chi connectivity index (χ0) is 15.8. The van der Waals surface area contributed by atoms with Crippen LogP contribution in [0.4, 0.5) is 0 Å². The number of nitrogens with one attached hydrogen (secondary N) is 2. The maximum Gasteiger partial charge on any atom is 0.254 e. The fourth-order valence-corrected chi connectivity index (χ4v) is 3.14. The lowest BCUT2D eigenvalue weighted by atomic mass is 10.1. The Bertz CT molecular complexity index is 824. The van der Waals surface area contributed by atoms with Gasteiger partial charge in [-0.2, -0.15) is 5.10 Å². The van der Waals surface area contributed by atoms with Gasteiger partial charge in [-0.15, -0.1) is 0 Å². The Morgan fingerprint density at radius 1 is 1.35 bits per heavy atom. The van der Waals surface area contributed by atoms with Gasteiger partial charge in [-0.05, 0) is 19.2 Å². The maximum atomic E-state index is 13.0. The van der Waals surface area contributed by atoms with Crippen LogP contribution in [0.15, 0.2) is 36.8 Å². The smallest absolute Gasteiger partial charge is 0.254 e. The molecule has 1 unspecified atom stereocenters. The SMILES string of the molecule is CN1CCN(C(=O)c2cccc3[nH]ncc23)CC1c1ncc[nH]1. The highest BCUT2D eigenvalue weighted by atomic mass is 16.2. The first-order valence-corrected chi connectivity index (χ1v) is 7.65. The summed E-state index contributed by atoms with van der Waals surface area (Å²) < 4.78 is 0. The van der Waals surface area contributed by atoms with Crippen molar-refractivity contribution in [1.29, 1.82) is 0 Å². The second kappa shape index (κ2) is 5.51. The lowest BCUT2D eigenvalue weighted by molar-refractivity contribution is 0.0536. The van der Waals surface area contributed by atoms with Crippen molar-refractivity contribution < 1.29 is 4.79 Å². The number of hydrogen-bond donors (Lipinski definition) is 2. The Kier molecular flexibility index (Phi) is 3.34. The predicted octanol–water partition coefficient (Wildman–Crippen LogP) is 1.41. The quantitative estimate of drug-likeness (QED) is 0.750. The molecule has 3 heterocycles. The second-order valence-electron chi connectivity index (χ2n) is 5.86. The van der Waals surface area contributed by atoms with E-state index in [0.717, 1.165) is 23.3 Å². The number of rotatable bonds is 2. The second-order valence-corrected chi connectivity index (χ2v) is 5.86. The Morgan fingerprint density at radius 3 is 3.09 bits per heavy atom. The van der Waals surface area contributed by atoms with Crippen molar-refractivity contribution in [2.45, 2.75) is 6.04 Å². The Balaban J connectivity index is 1.62. The Labute approximate surface area is 133 Å². The number of imidazole rings is 1. The van der Waals surface area contributed by atoms with Gasteiger partial charge in [0.1, 0.15) is 5.82 Å². The third kappa shape index (κ3) is 2.39. The van der Waals surface area contributed by atoms with E-state index in [1.807, 2.05) is 29.3 Å². The molecule has 1 fully saturated rings. The number of nitrogens with zero attached hydrogens (tertiary/aromatic N) is 4. The van der Waals surface area contributed by atoms with E-state index in [4.69, 9.17) is 0 Å². The lowest BCUT2D eigenvalue weighted by Crippen LogP contribution is -2.49. The molecule has 0 aliphatic carbocycles. The van der Waals surface area contributed by atoms with Crippen LogP contribution in [0.25, 0.3) is 10.9 Å². The van der Waals surface area contributed by atoms with E-state index in [0.29, 0.717) is 18.7 Å². The lowest BCUT2D eigenvalue weighted by Gasteiger charge is -2.38. The van der Waals surface area contributed by atoms with Crippen LogP contribution in [0.1, 0.15) is 22.2 Å². The summed E-state index contributed by atoms with van der Waals surface area (Å²) in [6.07, 6.45) is 5.27. The van der Waals surface area contributed by atoms with Crippen molar-refractivity contribution in [1.82, 2.24) is 30.0 Å². The summed E-state index contributed by atoms with van der Waals surface area (Å²) >= 11 is 0. The first-order chi connectivity index (χ1) is 11.2. The molecule has 0 bridgehead atoms. The van der Waals surface area contributed by atoms with Gasteiger partial charge in [-0.25, -0.2) is 4.98 Å². The van der Waals surface area contributed by atoms with Gasteiger partial charge in [-0.3, -0.25) is 14.8 Å². The average molecular weight is 310 g/mol. The van der Waals surface area contributed by atoms with Gasteiger partial charge in [0.25, 0.3) is 5.91 Å². The summed E-state index contributed by atoms with van der Waals surface area (Å²) in [7, 11) is 2.06. The average Bonchev–Trinajstić information content (AvgIpc) is 3.25. The molecule has 1 aromatic carbocycles. The van der Waals surface area contributed by atoms with E-state index in [2.05, 4.69) is 32.1 Å². The highest BCUT2D eigenvalue weighted by Crippen LogP contribution is 2.24. The van der Waals surface area contributed by atoms with Gasteiger partial charge in [0, 0.05) is 37.4 Å². The van der Waals surface area contributed by atoms with Gasteiger partial charge < -0.3 is 9.88 Å². The number of benzene rings is 1. The molecule has 1 saturated heterocycles. The van der Waals surface area contributed by atoms with Crippen molar-refractivity contribution in [3.05, 3.63) is 48.2 Å². The number of aromatic nitrogens is 4. The van der Waals surface area contributed by atoms with Gasteiger partial charge >= 0.3 is 0 Å². The first kappa shape index (κ1) is 14.0. The molecule has 1 aliphatic heterocycles. The number of fused-ring (bicyclic) bond motifs is 1. The summed E-state index contributed by atoms with van der Waals surface area (Å²) in [4.78, 5) is 24.6. The first-order valence-electron chi connectivity index (χ1n) is 7.65. The summed E-state index contributed by atoms with van der Waals surface area (Å²) in [6, 6.07) is 5.76. The van der Waals surface area contributed by atoms with Gasteiger partial charge in [0.2, 0.25) is 0 Å². The minimum absolute atomic E-state index is 0.0432. The minimum atomic E-state index is 0.0432. The number of amides is 1. The summed E-state index contributed by atoms with van der Waals surface area (Å²) in [5, 5.41) is 7.82. The molecule has 0 spiro atoms. The topological polar surface area (TPSA) is 80.9 Å². The normalized spacial score (nSPS) is 19.3. The highest BCUT2D eigenvalue weighted by molar-refractivity contribution is 6.06. The van der Waals surface area contributed by atoms with E-state index in [-0.39, 0.29) is 11.9 Å². The van der Waals surface area contributed by atoms with Gasteiger partial charge in [0.05, 0.1) is 23.3 Å². The molecule has 3 aromatic rings. The number of H-pyrrole nitrogens is 2. The molecule has 7 heteroatoms. The van der Waals surface area contributed by atoms with Crippen molar-refractivity contribution in [3.63, 3.8) is 0 Å². The van der Waals surface area contributed by atoms with Crippen LogP contribution in [0.5, 0.6) is 0 Å². The number of aromatic amines is 2. The largest absolute Gasteiger partial charge is 0.347 e. The van der Waals surface area contributed by atoms with Crippen LogP contribution in [0.3, 0.4) is 0 Å². The Morgan fingerprint density at radius 2 is 2.26 bits per heavy atom. The zero-order valence-electron chi connectivity index (χ0n) is 12.9. The zero-order valence-corrected chi connectivity index (χ0v) is 12.9. The predicted molar refractivity (Wildman–Crippen MR) is 86.0 cm³/mol. The molecule has 118 valence electrons. The maximum absolute atomic E-state index is 13.0. The van der Waals surface area contributed by atoms with Crippen LogP contribution in [-0.2, 0) is 0 Å². The standard InChI is InChI=1S/C16H18N6O/c1-21-7-8-22(10-14(21)15-17-5-6-18-15)16(23)11-3-2-4-13-12(11)9-19-20-13/h2-6,9,14H,7-8,10H2,1H3,(H,17,18)(H,19,20). The van der Waals surface area contributed by atoms with Crippen molar-refractivity contribution in [3.8, 4) is 0 Å². The number of likely N-dealkylation sites (N-methyl/N-ethyl adjacent to an activating group) is 1. The van der Waals surface area contributed by atoms with Crippen molar-refractivity contribution >= 4 is 16.8 Å². The molecule has 23 heavy (non-hydrogen) atoms. The molecule has 2 aromatic heterocycles. The molecular formula is C16H18N6O. The van der Waals surface area contributed by atoms with E-state index < -0.39 is 0 Å². The number of hydrogen-bond acceptors (Lipinski definition) is 4. The molecular weight excluding hydrogens is 292 g/mol. The molecule has 1 amide bonds. The summed E-state index contributed by atoms with van der Waals surface area (Å²) in [5.41, 5.74) is 1.58. The van der Waals surface area contributed by atoms with Crippen LogP contribution in [-0.4, -0.2) is 62.6 Å². The van der Waals surface area contributed by atoms with Gasteiger partial charge in [0.15, 0.2) is 0 Å². The molecule has 0 saturated carbocycles. The van der Waals surface area contributed by atoms with Crippen molar-refractivity contribution in [2.24, 2.45) is 0 Å². The van der Waals surface area contributed by atoms with E-state index in [9.17, 15) is 4.79 Å². The molecule has 1 atom stereocenters. The molecule has 1 aliphatic rings. The molecule has 0 radical (unpaired) electrons. The fraction of sp³-hybridized carbons (Fsp3) is 0.312. The van der Waals surface area contributed by atoms with Gasteiger partial charge in [-0.1, -0.05) is 6.07 Å². The summed E-state index contributed by atoms with van der Waals surface area (Å²) in [5.74, 6) is 0.938. The number of carbonyl (C=O) groups excluding carboxylic acids is 1. The number of piperazine rings is 1. The van der Waals surface area contributed by atoms with Crippen LogP contribution in [0, 0.1) is 0 Å². The third-order valence-corrected chi connectivity index (χ3v) is 4.49. The van der Waals surface area contributed by atoms with E-state index in [1.54, 1.807) is 12.4 Å². The monoisotopic (exact) mass is 310 g/mol. The molecule has 7 nitrogen and oxygen atoms in total. The highest BCUT2D eigenvalue weighted by Gasteiger charge is 2.30. The van der Waals surface area contributed by atoms with Crippen LogP contribution < -0.4 is 0 Å². The van der Waals surface area contributed by atoms with E-state index >= 15 is 0 Å². The molecule has 2 N–H and O–H groups in total. The van der Waals surface area contributed by atoms with Crippen LogP contribution in [0.2, 0.25) is 0 Å². The fourth-order valence-electron chi connectivity index (χ4n) is 3.14.